The van der Waals surface area contributed by atoms with Gasteiger partial charge in [-0.1, -0.05) is 0 Å². The Morgan fingerprint density at radius 3 is 2.94 bits per heavy atom. The number of furan rings is 1. The summed E-state index contributed by atoms with van der Waals surface area (Å²) in [5.74, 6) is -0.467. The molecule has 7 heteroatoms. The quantitative estimate of drug-likeness (QED) is 0.853. The highest BCUT2D eigenvalue weighted by Gasteiger charge is 2.10. The lowest BCUT2D eigenvalue weighted by atomic mass is 10.3. The highest BCUT2D eigenvalue weighted by atomic mass is 16.5. The van der Waals surface area contributed by atoms with Crippen LogP contribution in [0.4, 0.5) is 0 Å². The Bertz CT molecular complexity index is 628. The van der Waals surface area contributed by atoms with E-state index in [0.717, 1.165) is 10.9 Å². The Labute approximate surface area is 101 Å². The van der Waals surface area contributed by atoms with E-state index in [1.165, 1.54) is 25.3 Å². The van der Waals surface area contributed by atoms with Crippen molar-refractivity contribution in [3.05, 3.63) is 46.1 Å². The van der Waals surface area contributed by atoms with Gasteiger partial charge in [-0.25, -0.2) is 9.48 Å². The fourth-order valence-electron chi connectivity index (χ4n) is 1.38. The van der Waals surface area contributed by atoms with Crippen molar-refractivity contribution < 1.29 is 19.1 Å². The van der Waals surface area contributed by atoms with Crippen LogP contribution in [-0.4, -0.2) is 28.0 Å². The number of methoxy groups -OCH3 is 1. The second-order valence-electron chi connectivity index (χ2n) is 3.48. The Kier molecular flexibility index (Phi) is 3.13. The summed E-state index contributed by atoms with van der Waals surface area (Å²) in [4.78, 5) is 22.2. The molecule has 2 rings (SSSR count). The number of carbonyl (C=O) groups is 1. The maximum absolute atomic E-state index is 11.5. The molecule has 0 unspecified atom stereocenters. The maximum Gasteiger partial charge on any atom is 0.338 e. The van der Waals surface area contributed by atoms with Crippen molar-refractivity contribution in [3.63, 3.8) is 0 Å². The number of nitrogens with zero attached hydrogens (tertiary/aromatic N) is 2. The van der Waals surface area contributed by atoms with Gasteiger partial charge in [-0.2, -0.15) is 0 Å². The fraction of sp³-hybridized carbons (Fsp3) is 0.182. The van der Waals surface area contributed by atoms with Gasteiger partial charge in [0.25, 0.3) is 5.56 Å². The Morgan fingerprint density at radius 2 is 2.33 bits per heavy atom. The summed E-state index contributed by atoms with van der Waals surface area (Å²) in [6.07, 6.45) is 1.11. The first-order valence-corrected chi connectivity index (χ1v) is 5.03. The van der Waals surface area contributed by atoms with E-state index in [1.54, 1.807) is 0 Å². The SMILES string of the molecule is COc1ccc(=O)n(Cc2cc(C(=O)O)co2)n1. The molecule has 0 bridgehead atoms. The van der Waals surface area contributed by atoms with E-state index in [9.17, 15) is 9.59 Å². The molecule has 2 aromatic rings. The third-order valence-electron chi connectivity index (χ3n) is 2.26. The molecule has 1 N–H and O–H groups in total. The lowest BCUT2D eigenvalue weighted by Gasteiger charge is -2.03. The fourth-order valence-corrected chi connectivity index (χ4v) is 1.38. The van der Waals surface area contributed by atoms with Crippen LogP contribution in [0, 0.1) is 0 Å². The molecule has 0 amide bonds. The zero-order chi connectivity index (χ0) is 13.1. The van der Waals surface area contributed by atoms with Gasteiger partial charge in [0.05, 0.1) is 12.7 Å². The Morgan fingerprint density at radius 1 is 1.56 bits per heavy atom. The molecule has 94 valence electrons. The van der Waals surface area contributed by atoms with Crippen molar-refractivity contribution in [1.29, 1.82) is 0 Å². The summed E-state index contributed by atoms with van der Waals surface area (Å²) in [6.45, 7) is 0.0450. The third kappa shape index (κ3) is 2.40. The van der Waals surface area contributed by atoms with Crippen molar-refractivity contribution in [3.8, 4) is 5.88 Å². The number of aromatic carboxylic acids is 1. The highest BCUT2D eigenvalue weighted by molar-refractivity contribution is 5.87. The summed E-state index contributed by atoms with van der Waals surface area (Å²) in [5.41, 5.74) is -0.301. The lowest BCUT2D eigenvalue weighted by Crippen LogP contribution is -2.22. The van der Waals surface area contributed by atoms with Crippen molar-refractivity contribution in [2.24, 2.45) is 0 Å². The first kappa shape index (κ1) is 11.9. The predicted molar refractivity (Wildman–Crippen MR) is 59.8 cm³/mol. The molecule has 7 nitrogen and oxygen atoms in total. The smallest absolute Gasteiger partial charge is 0.338 e. The summed E-state index contributed by atoms with van der Waals surface area (Å²) in [6, 6.07) is 4.10. The first-order chi connectivity index (χ1) is 8.60. The minimum absolute atomic E-state index is 0.0287. The van der Waals surface area contributed by atoms with Crippen LogP contribution < -0.4 is 10.3 Å². The van der Waals surface area contributed by atoms with Crippen molar-refractivity contribution in [1.82, 2.24) is 9.78 Å². The molecule has 0 aliphatic heterocycles. The third-order valence-corrected chi connectivity index (χ3v) is 2.26. The molecular formula is C11H10N2O5. The number of ether oxygens (including phenoxy) is 1. The molecule has 0 aliphatic carbocycles. The van der Waals surface area contributed by atoms with Gasteiger partial charge in [0.2, 0.25) is 5.88 Å². The van der Waals surface area contributed by atoms with Gasteiger partial charge in [-0.15, -0.1) is 5.10 Å². The predicted octanol–water partition coefficient (Wildman–Crippen LogP) is 0.591. The molecule has 0 aromatic carbocycles. The van der Waals surface area contributed by atoms with Crippen molar-refractivity contribution >= 4 is 5.97 Å². The van der Waals surface area contributed by atoms with E-state index in [1.807, 2.05) is 0 Å². The molecule has 18 heavy (non-hydrogen) atoms. The van der Waals surface area contributed by atoms with E-state index < -0.39 is 5.97 Å². The summed E-state index contributed by atoms with van der Waals surface area (Å²) < 4.78 is 11.1. The summed E-state index contributed by atoms with van der Waals surface area (Å²) >= 11 is 0. The van der Waals surface area contributed by atoms with E-state index in [4.69, 9.17) is 14.3 Å². The lowest BCUT2D eigenvalue weighted by molar-refractivity contribution is 0.0696. The van der Waals surface area contributed by atoms with Crippen LogP contribution in [0.5, 0.6) is 5.88 Å². The maximum atomic E-state index is 11.5. The molecule has 0 saturated heterocycles. The van der Waals surface area contributed by atoms with Crippen LogP contribution in [-0.2, 0) is 6.54 Å². The first-order valence-electron chi connectivity index (χ1n) is 5.03. The normalized spacial score (nSPS) is 10.3. The van der Waals surface area contributed by atoms with E-state index in [-0.39, 0.29) is 17.7 Å². The zero-order valence-electron chi connectivity index (χ0n) is 9.49. The molecule has 2 heterocycles. The van der Waals surface area contributed by atoms with E-state index in [0.29, 0.717) is 11.6 Å². The number of hydrogen-bond acceptors (Lipinski definition) is 5. The Hall–Kier alpha value is -2.57. The number of carboxylic acids is 1. The topological polar surface area (TPSA) is 94.6 Å². The van der Waals surface area contributed by atoms with Crippen LogP contribution in [0.1, 0.15) is 16.1 Å². The zero-order valence-corrected chi connectivity index (χ0v) is 9.49. The van der Waals surface area contributed by atoms with Gasteiger partial charge in [0, 0.05) is 12.1 Å². The minimum Gasteiger partial charge on any atom is -0.480 e. The van der Waals surface area contributed by atoms with Gasteiger partial charge >= 0.3 is 5.97 Å². The van der Waals surface area contributed by atoms with E-state index >= 15 is 0 Å². The largest absolute Gasteiger partial charge is 0.480 e. The Balaban J connectivity index is 2.27. The molecule has 0 radical (unpaired) electrons. The van der Waals surface area contributed by atoms with Crippen LogP contribution in [0.3, 0.4) is 0 Å². The van der Waals surface area contributed by atoms with Crippen LogP contribution in [0.2, 0.25) is 0 Å². The van der Waals surface area contributed by atoms with Crippen molar-refractivity contribution in [2.75, 3.05) is 7.11 Å². The van der Waals surface area contributed by atoms with Gasteiger partial charge in [0.1, 0.15) is 18.6 Å². The molecule has 0 atom stereocenters. The average molecular weight is 250 g/mol. The molecular weight excluding hydrogens is 240 g/mol. The number of aromatic nitrogens is 2. The number of rotatable bonds is 4. The second kappa shape index (κ2) is 4.74. The van der Waals surface area contributed by atoms with Gasteiger partial charge in [0.15, 0.2) is 0 Å². The minimum atomic E-state index is -1.09. The second-order valence-corrected chi connectivity index (χ2v) is 3.48. The molecule has 0 fully saturated rings. The molecule has 2 aromatic heterocycles. The van der Waals surface area contributed by atoms with Gasteiger partial charge in [-0.05, 0) is 6.07 Å². The number of hydrogen-bond donors (Lipinski definition) is 1. The van der Waals surface area contributed by atoms with Crippen LogP contribution in [0.15, 0.2) is 33.7 Å². The molecule has 0 saturated carbocycles. The van der Waals surface area contributed by atoms with E-state index in [2.05, 4.69) is 5.10 Å². The summed E-state index contributed by atoms with van der Waals surface area (Å²) in [5, 5.41) is 12.7. The van der Waals surface area contributed by atoms with Crippen LogP contribution in [0.25, 0.3) is 0 Å². The monoisotopic (exact) mass is 250 g/mol. The van der Waals surface area contributed by atoms with Crippen LogP contribution >= 0.6 is 0 Å². The average Bonchev–Trinajstić information content (AvgIpc) is 2.81. The summed E-state index contributed by atoms with van der Waals surface area (Å²) in [7, 11) is 1.44. The van der Waals surface area contributed by atoms with Gasteiger partial charge < -0.3 is 14.3 Å². The molecule has 0 spiro atoms. The number of carboxylic acid groups (broad SMARTS) is 1. The standard InChI is InChI=1S/C11H10N2O5/c1-17-9-2-3-10(14)13(12-9)5-8-4-7(6-18-8)11(15)16/h2-4,6H,5H2,1H3,(H,15,16). The van der Waals surface area contributed by atoms with Crippen molar-refractivity contribution in [2.45, 2.75) is 6.54 Å². The highest BCUT2D eigenvalue weighted by Crippen LogP contribution is 2.09. The van der Waals surface area contributed by atoms with Gasteiger partial charge in [-0.3, -0.25) is 4.79 Å². The molecule has 0 aliphatic rings.